The van der Waals surface area contributed by atoms with E-state index in [1.165, 1.54) is 56.2 Å². The van der Waals surface area contributed by atoms with Gasteiger partial charge < -0.3 is 5.43 Å². The first-order valence-corrected chi connectivity index (χ1v) is 8.18. The van der Waals surface area contributed by atoms with Crippen LogP contribution in [0.4, 0.5) is 5.82 Å². The number of rotatable bonds is 3. The number of anilines is 1. The van der Waals surface area contributed by atoms with Crippen molar-refractivity contribution in [1.29, 1.82) is 0 Å². The fourth-order valence-corrected chi connectivity index (χ4v) is 3.77. The van der Waals surface area contributed by atoms with Crippen molar-refractivity contribution in [2.75, 3.05) is 5.43 Å². The third-order valence-corrected chi connectivity index (χ3v) is 5.07. The second-order valence-corrected chi connectivity index (χ2v) is 6.34. The van der Waals surface area contributed by atoms with Gasteiger partial charge in [0.15, 0.2) is 0 Å². The Kier molecular flexibility index (Phi) is 4.20. The molecule has 4 nitrogen and oxygen atoms in total. The van der Waals surface area contributed by atoms with Gasteiger partial charge >= 0.3 is 0 Å². The Morgan fingerprint density at radius 3 is 2.75 bits per heavy atom. The lowest BCUT2D eigenvalue weighted by atomic mass is 10.0. The first-order chi connectivity index (χ1) is 9.81. The average Bonchev–Trinajstić information content (AvgIpc) is 2.84. The molecule has 2 unspecified atom stereocenters. The summed E-state index contributed by atoms with van der Waals surface area (Å²) in [4.78, 5) is 9.68. The van der Waals surface area contributed by atoms with E-state index >= 15 is 0 Å². The molecule has 1 aromatic heterocycles. The van der Waals surface area contributed by atoms with Gasteiger partial charge in [-0.25, -0.2) is 15.8 Å². The maximum Gasteiger partial charge on any atom is 0.147 e. The van der Waals surface area contributed by atoms with Gasteiger partial charge in [-0.2, -0.15) is 0 Å². The molecule has 1 saturated carbocycles. The van der Waals surface area contributed by atoms with Crippen LogP contribution in [0, 0.1) is 5.92 Å². The summed E-state index contributed by atoms with van der Waals surface area (Å²) in [5.74, 6) is 9.02. The van der Waals surface area contributed by atoms with Crippen LogP contribution in [0.1, 0.15) is 74.9 Å². The van der Waals surface area contributed by atoms with Crippen LogP contribution in [-0.2, 0) is 12.8 Å². The quantitative estimate of drug-likeness (QED) is 0.504. The molecule has 20 heavy (non-hydrogen) atoms. The summed E-state index contributed by atoms with van der Waals surface area (Å²) in [6, 6.07) is 0. The smallest absolute Gasteiger partial charge is 0.147 e. The zero-order valence-electron chi connectivity index (χ0n) is 12.5. The van der Waals surface area contributed by atoms with E-state index in [1.54, 1.807) is 0 Å². The van der Waals surface area contributed by atoms with Crippen molar-refractivity contribution in [3.63, 3.8) is 0 Å². The van der Waals surface area contributed by atoms with Gasteiger partial charge in [0.1, 0.15) is 11.6 Å². The number of nitrogens with two attached hydrogens (primary N) is 1. The molecule has 0 amide bonds. The molecule has 1 fully saturated rings. The molecular formula is C16H26N4. The van der Waals surface area contributed by atoms with Crippen LogP contribution < -0.4 is 11.3 Å². The van der Waals surface area contributed by atoms with Crippen molar-refractivity contribution in [2.24, 2.45) is 11.8 Å². The van der Waals surface area contributed by atoms with E-state index in [0.29, 0.717) is 5.92 Å². The summed E-state index contributed by atoms with van der Waals surface area (Å²) in [7, 11) is 0. The molecule has 2 aliphatic carbocycles. The molecule has 0 aliphatic heterocycles. The highest BCUT2D eigenvalue weighted by Gasteiger charge is 2.28. The summed E-state index contributed by atoms with van der Waals surface area (Å²) in [5, 5.41) is 0. The van der Waals surface area contributed by atoms with E-state index in [1.807, 2.05) is 0 Å². The van der Waals surface area contributed by atoms with Gasteiger partial charge in [-0.1, -0.05) is 19.8 Å². The number of nitrogen functional groups attached to an aromatic ring is 1. The number of hydrogen-bond donors (Lipinski definition) is 2. The maximum atomic E-state index is 5.71. The number of fused-ring (bicyclic) bond motifs is 1. The minimum Gasteiger partial charge on any atom is -0.308 e. The van der Waals surface area contributed by atoms with Crippen LogP contribution in [0.5, 0.6) is 0 Å². The van der Waals surface area contributed by atoms with Gasteiger partial charge in [0.05, 0.1) is 0 Å². The van der Waals surface area contributed by atoms with Gasteiger partial charge in [0.2, 0.25) is 0 Å². The molecule has 0 radical (unpaired) electrons. The second-order valence-electron chi connectivity index (χ2n) is 6.34. The van der Waals surface area contributed by atoms with E-state index in [2.05, 4.69) is 12.3 Å². The van der Waals surface area contributed by atoms with Gasteiger partial charge in [0, 0.05) is 17.2 Å². The van der Waals surface area contributed by atoms with Crippen molar-refractivity contribution in [2.45, 2.75) is 70.6 Å². The molecule has 1 aromatic rings. The van der Waals surface area contributed by atoms with Gasteiger partial charge in [-0.15, -0.1) is 0 Å². The molecule has 0 saturated heterocycles. The third-order valence-electron chi connectivity index (χ3n) is 5.07. The summed E-state index contributed by atoms with van der Waals surface area (Å²) >= 11 is 0. The Morgan fingerprint density at radius 2 is 2.00 bits per heavy atom. The Bertz CT molecular complexity index is 472. The second kappa shape index (κ2) is 6.08. The van der Waals surface area contributed by atoms with Gasteiger partial charge in [0.25, 0.3) is 0 Å². The minimum absolute atomic E-state index is 0.542. The lowest BCUT2D eigenvalue weighted by molar-refractivity contribution is 0.516. The largest absolute Gasteiger partial charge is 0.308 e. The maximum absolute atomic E-state index is 5.71. The molecule has 1 heterocycles. The first kappa shape index (κ1) is 13.8. The number of aryl methyl sites for hydroxylation is 1. The third kappa shape index (κ3) is 2.66. The number of hydrogen-bond acceptors (Lipinski definition) is 4. The zero-order valence-corrected chi connectivity index (χ0v) is 12.5. The van der Waals surface area contributed by atoms with Crippen molar-refractivity contribution < 1.29 is 0 Å². The standard InChI is InChI=1S/C16H26N4/c1-2-11-8-9-12(10-11)15-18-14-7-5-3-4-6-13(14)16(19-15)20-17/h11-12H,2-10,17H2,1H3,(H,18,19,20). The SMILES string of the molecule is CCC1CCC(c2nc3c(c(NN)n2)CCCCC3)C1. The van der Waals surface area contributed by atoms with Crippen LogP contribution >= 0.6 is 0 Å². The fourth-order valence-electron chi connectivity index (χ4n) is 3.77. The summed E-state index contributed by atoms with van der Waals surface area (Å²) in [6.45, 7) is 2.29. The molecule has 2 atom stereocenters. The Labute approximate surface area is 121 Å². The average molecular weight is 274 g/mol. The number of nitrogens with zero attached hydrogens (tertiary/aromatic N) is 2. The lowest BCUT2D eigenvalue weighted by Gasteiger charge is -2.16. The Morgan fingerprint density at radius 1 is 1.15 bits per heavy atom. The van der Waals surface area contributed by atoms with E-state index < -0.39 is 0 Å². The number of nitrogens with one attached hydrogen (secondary N) is 1. The fraction of sp³-hybridized carbons (Fsp3) is 0.750. The van der Waals surface area contributed by atoms with Crippen LogP contribution in [-0.4, -0.2) is 9.97 Å². The zero-order chi connectivity index (χ0) is 13.9. The van der Waals surface area contributed by atoms with Gasteiger partial charge in [-0.05, 0) is 50.9 Å². The molecule has 3 N–H and O–H groups in total. The van der Waals surface area contributed by atoms with E-state index in [9.17, 15) is 0 Å². The van der Waals surface area contributed by atoms with Crippen LogP contribution in [0.15, 0.2) is 0 Å². The molecule has 110 valence electrons. The predicted molar refractivity (Wildman–Crippen MR) is 81.5 cm³/mol. The molecule has 3 rings (SSSR count). The Hall–Kier alpha value is -1.16. The predicted octanol–water partition coefficient (Wildman–Crippen LogP) is 3.32. The van der Waals surface area contributed by atoms with Crippen LogP contribution in [0.2, 0.25) is 0 Å². The highest BCUT2D eigenvalue weighted by molar-refractivity contribution is 5.46. The lowest BCUT2D eigenvalue weighted by Crippen LogP contribution is -2.16. The number of aromatic nitrogens is 2. The molecule has 2 aliphatic rings. The Balaban J connectivity index is 1.90. The highest BCUT2D eigenvalue weighted by atomic mass is 15.3. The molecular weight excluding hydrogens is 248 g/mol. The summed E-state index contributed by atoms with van der Waals surface area (Å²) in [5.41, 5.74) is 5.33. The van der Waals surface area contributed by atoms with E-state index in [-0.39, 0.29) is 0 Å². The van der Waals surface area contributed by atoms with Gasteiger partial charge in [-0.3, -0.25) is 0 Å². The molecule has 0 spiro atoms. The topological polar surface area (TPSA) is 63.8 Å². The molecule has 0 bridgehead atoms. The summed E-state index contributed by atoms with van der Waals surface area (Å²) < 4.78 is 0. The molecule has 4 heteroatoms. The normalized spacial score (nSPS) is 26.1. The van der Waals surface area contributed by atoms with Crippen molar-refractivity contribution in [3.05, 3.63) is 17.1 Å². The monoisotopic (exact) mass is 274 g/mol. The molecule has 0 aromatic carbocycles. The first-order valence-electron chi connectivity index (χ1n) is 8.18. The van der Waals surface area contributed by atoms with Crippen LogP contribution in [0.3, 0.4) is 0 Å². The van der Waals surface area contributed by atoms with Crippen molar-refractivity contribution in [3.8, 4) is 0 Å². The van der Waals surface area contributed by atoms with Crippen LogP contribution in [0.25, 0.3) is 0 Å². The van der Waals surface area contributed by atoms with Crippen molar-refractivity contribution in [1.82, 2.24) is 9.97 Å². The summed E-state index contributed by atoms with van der Waals surface area (Å²) in [6.07, 6.45) is 11.0. The minimum atomic E-state index is 0.542. The highest BCUT2D eigenvalue weighted by Crippen LogP contribution is 2.39. The van der Waals surface area contributed by atoms with Crippen molar-refractivity contribution >= 4 is 5.82 Å². The van der Waals surface area contributed by atoms with E-state index in [0.717, 1.165) is 30.4 Å². The number of hydrazine groups is 1. The van der Waals surface area contributed by atoms with E-state index in [4.69, 9.17) is 15.8 Å².